The molecule has 1 heterocycles. The summed E-state index contributed by atoms with van der Waals surface area (Å²) < 4.78 is 5.91. The number of hydrogen-bond acceptors (Lipinski definition) is 9. The zero-order valence-corrected chi connectivity index (χ0v) is 20.8. The Morgan fingerprint density at radius 1 is 0.676 bits per heavy atom. The highest BCUT2D eigenvalue weighted by Crippen LogP contribution is 2.10. The Kier molecular flexibility index (Phi) is 12.9. The molecular formula is C24H36N4O9. The number of nitrogens with zero attached hydrogens (tertiary/aromatic N) is 4. The second kappa shape index (κ2) is 15.9. The monoisotopic (exact) mass is 524 g/mol. The van der Waals surface area contributed by atoms with E-state index in [-0.39, 0.29) is 85.2 Å². The molecule has 1 aliphatic rings. The fraction of sp³-hybridized carbons (Fsp3) is 0.583. The van der Waals surface area contributed by atoms with Crippen molar-refractivity contribution in [3.05, 3.63) is 35.9 Å². The number of benzene rings is 1. The molecule has 0 bridgehead atoms. The average Bonchev–Trinajstić information content (AvgIpc) is 2.81. The normalized spacial score (nSPS) is 19.5. The van der Waals surface area contributed by atoms with Crippen LogP contribution in [0.5, 0.6) is 0 Å². The van der Waals surface area contributed by atoms with Gasteiger partial charge in [-0.3, -0.25) is 38.8 Å². The Balaban J connectivity index is 2.28. The van der Waals surface area contributed by atoms with Crippen LogP contribution < -0.4 is 0 Å². The highest BCUT2D eigenvalue weighted by Gasteiger charge is 2.27. The first-order chi connectivity index (χ1) is 17.6. The van der Waals surface area contributed by atoms with Crippen molar-refractivity contribution < 1.29 is 44.3 Å². The van der Waals surface area contributed by atoms with Crippen molar-refractivity contribution in [2.75, 3.05) is 78.6 Å². The lowest BCUT2D eigenvalue weighted by atomic mass is 10.2. The number of aliphatic carboxylic acids is 4. The lowest BCUT2D eigenvalue weighted by Crippen LogP contribution is -2.54. The van der Waals surface area contributed by atoms with E-state index in [1.807, 2.05) is 30.3 Å². The zero-order valence-electron chi connectivity index (χ0n) is 20.8. The molecule has 1 aromatic carbocycles. The smallest absolute Gasteiger partial charge is 0.317 e. The molecule has 0 saturated carbocycles. The maximum absolute atomic E-state index is 11.7. The molecule has 1 aliphatic heterocycles. The molecule has 0 amide bonds. The number of carboxylic acid groups (broad SMARTS) is 4. The predicted octanol–water partition coefficient (Wildman–Crippen LogP) is -0.868. The second-order valence-corrected chi connectivity index (χ2v) is 8.99. The lowest BCUT2D eigenvalue weighted by molar-refractivity contribution is -0.142. The SMILES string of the molecule is O=C(O)CN1CCN(CC(=O)O)CCN(CC(=O)O)C(COCc2ccccc2)CN(CC(=O)O)CC1. The molecule has 1 fully saturated rings. The van der Waals surface area contributed by atoms with Crippen molar-refractivity contribution in [2.24, 2.45) is 0 Å². The third kappa shape index (κ3) is 12.6. The number of carboxylic acids is 4. The van der Waals surface area contributed by atoms with Crippen LogP contribution in [0.15, 0.2) is 30.3 Å². The van der Waals surface area contributed by atoms with E-state index in [1.54, 1.807) is 19.6 Å². The summed E-state index contributed by atoms with van der Waals surface area (Å²) in [6.45, 7) is 0.850. The summed E-state index contributed by atoms with van der Waals surface area (Å²) in [5.41, 5.74) is 0.930. The van der Waals surface area contributed by atoms with Gasteiger partial charge in [-0.15, -0.1) is 0 Å². The molecule has 1 unspecified atom stereocenters. The van der Waals surface area contributed by atoms with Crippen LogP contribution in [0.1, 0.15) is 5.56 Å². The summed E-state index contributed by atoms with van der Waals surface area (Å²) in [5.74, 6) is -4.21. The second-order valence-electron chi connectivity index (χ2n) is 8.99. The summed E-state index contributed by atoms with van der Waals surface area (Å²) in [4.78, 5) is 52.6. The van der Waals surface area contributed by atoms with Gasteiger partial charge in [0.15, 0.2) is 0 Å². The van der Waals surface area contributed by atoms with Crippen LogP contribution in [0.2, 0.25) is 0 Å². The summed E-state index contributed by atoms with van der Waals surface area (Å²) in [6.07, 6.45) is 0. The minimum atomic E-state index is -1.07. The molecule has 1 aromatic rings. The Morgan fingerprint density at radius 3 is 1.65 bits per heavy atom. The van der Waals surface area contributed by atoms with E-state index in [9.17, 15) is 39.6 Å². The number of ether oxygens (including phenoxy) is 1. The quantitative estimate of drug-likeness (QED) is 0.266. The van der Waals surface area contributed by atoms with Gasteiger partial charge in [0, 0.05) is 51.9 Å². The Labute approximate surface area is 215 Å². The van der Waals surface area contributed by atoms with E-state index in [2.05, 4.69) is 0 Å². The van der Waals surface area contributed by atoms with Crippen molar-refractivity contribution in [3.63, 3.8) is 0 Å². The molecule has 0 radical (unpaired) electrons. The van der Waals surface area contributed by atoms with Gasteiger partial charge in [0.1, 0.15) is 0 Å². The molecule has 13 heteroatoms. The van der Waals surface area contributed by atoms with Gasteiger partial charge in [0.05, 0.1) is 39.4 Å². The molecule has 1 saturated heterocycles. The largest absolute Gasteiger partial charge is 0.480 e. The van der Waals surface area contributed by atoms with Gasteiger partial charge in [-0.2, -0.15) is 0 Å². The van der Waals surface area contributed by atoms with Crippen molar-refractivity contribution in [1.29, 1.82) is 0 Å². The molecular weight excluding hydrogens is 488 g/mol. The van der Waals surface area contributed by atoms with Gasteiger partial charge in [0.25, 0.3) is 0 Å². The topological polar surface area (TPSA) is 171 Å². The van der Waals surface area contributed by atoms with Crippen molar-refractivity contribution in [2.45, 2.75) is 12.6 Å². The molecule has 0 aliphatic carbocycles. The highest BCUT2D eigenvalue weighted by molar-refractivity contribution is 5.70. The molecule has 0 spiro atoms. The van der Waals surface area contributed by atoms with Crippen molar-refractivity contribution in [1.82, 2.24) is 19.6 Å². The minimum absolute atomic E-state index is 0.121. The van der Waals surface area contributed by atoms with E-state index in [4.69, 9.17) is 4.74 Å². The number of carbonyl (C=O) groups is 4. The first-order valence-corrected chi connectivity index (χ1v) is 12.0. The van der Waals surface area contributed by atoms with Gasteiger partial charge >= 0.3 is 23.9 Å². The van der Waals surface area contributed by atoms with Crippen LogP contribution in [0, 0.1) is 0 Å². The van der Waals surface area contributed by atoms with Crippen molar-refractivity contribution in [3.8, 4) is 0 Å². The van der Waals surface area contributed by atoms with Gasteiger partial charge in [-0.25, -0.2) is 0 Å². The third-order valence-corrected chi connectivity index (χ3v) is 5.99. The third-order valence-electron chi connectivity index (χ3n) is 5.99. The van der Waals surface area contributed by atoms with Crippen LogP contribution in [-0.4, -0.2) is 149 Å². The fourth-order valence-electron chi connectivity index (χ4n) is 4.21. The van der Waals surface area contributed by atoms with E-state index >= 15 is 0 Å². The molecule has 206 valence electrons. The Morgan fingerprint density at radius 2 is 1.14 bits per heavy atom. The molecule has 13 nitrogen and oxygen atoms in total. The van der Waals surface area contributed by atoms with Crippen LogP contribution in [0.4, 0.5) is 0 Å². The van der Waals surface area contributed by atoms with Gasteiger partial charge in [-0.1, -0.05) is 30.3 Å². The number of hydrogen-bond donors (Lipinski definition) is 4. The Hall–Kier alpha value is -3.10. The van der Waals surface area contributed by atoms with E-state index in [0.717, 1.165) is 5.56 Å². The molecule has 1 atom stereocenters. The molecule has 37 heavy (non-hydrogen) atoms. The van der Waals surface area contributed by atoms with E-state index in [1.165, 1.54) is 0 Å². The molecule has 4 N–H and O–H groups in total. The molecule has 0 aromatic heterocycles. The zero-order chi connectivity index (χ0) is 27.2. The lowest BCUT2D eigenvalue weighted by Gasteiger charge is -2.37. The first kappa shape index (κ1) is 30.1. The van der Waals surface area contributed by atoms with Crippen LogP contribution >= 0.6 is 0 Å². The summed E-state index contributed by atoms with van der Waals surface area (Å²) in [5, 5.41) is 37.6. The number of rotatable bonds is 12. The van der Waals surface area contributed by atoms with Crippen LogP contribution in [0.25, 0.3) is 0 Å². The first-order valence-electron chi connectivity index (χ1n) is 12.0. The predicted molar refractivity (Wildman–Crippen MR) is 131 cm³/mol. The fourth-order valence-corrected chi connectivity index (χ4v) is 4.21. The van der Waals surface area contributed by atoms with Crippen LogP contribution in [0.3, 0.4) is 0 Å². The molecule has 2 rings (SSSR count). The summed E-state index contributed by atoms with van der Waals surface area (Å²) in [7, 11) is 0. The van der Waals surface area contributed by atoms with Crippen molar-refractivity contribution >= 4 is 23.9 Å². The maximum Gasteiger partial charge on any atom is 0.317 e. The Bertz CT molecular complexity index is 886. The average molecular weight is 525 g/mol. The van der Waals surface area contributed by atoms with Gasteiger partial charge in [0.2, 0.25) is 0 Å². The van der Waals surface area contributed by atoms with Gasteiger partial charge < -0.3 is 25.2 Å². The summed E-state index contributed by atoms with van der Waals surface area (Å²) in [6, 6.07) is 8.92. The van der Waals surface area contributed by atoms with E-state index in [0.29, 0.717) is 0 Å². The summed E-state index contributed by atoms with van der Waals surface area (Å²) >= 11 is 0. The highest BCUT2D eigenvalue weighted by atomic mass is 16.5. The minimum Gasteiger partial charge on any atom is -0.480 e. The maximum atomic E-state index is 11.7. The van der Waals surface area contributed by atoms with Gasteiger partial charge in [-0.05, 0) is 5.56 Å². The standard InChI is InChI=1S/C24H36N4O9/c29-21(30)13-25-6-7-26(14-22(31)32)10-11-28(16-24(35)36)20(12-27(9-8-25)15-23(33)34)18-37-17-19-4-2-1-3-5-19/h1-5,20H,6-18H2,(H,29,30)(H,31,32)(H,33,34)(H,35,36). The van der Waals surface area contributed by atoms with E-state index < -0.39 is 29.9 Å². The van der Waals surface area contributed by atoms with Crippen LogP contribution in [-0.2, 0) is 30.5 Å².